The van der Waals surface area contributed by atoms with E-state index in [1.807, 2.05) is 30.8 Å². The third-order valence-corrected chi connectivity index (χ3v) is 3.90. The molecule has 0 aliphatic carbocycles. The predicted molar refractivity (Wildman–Crippen MR) is 73.4 cm³/mol. The van der Waals surface area contributed by atoms with Crippen LogP contribution in [0.15, 0.2) is 42.0 Å². The van der Waals surface area contributed by atoms with Crippen LogP contribution in [0, 0.1) is 0 Å². The molecule has 0 bridgehead atoms. The minimum atomic E-state index is 0.541. The highest BCUT2D eigenvalue weighted by molar-refractivity contribution is 7.09. The van der Waals surface area contributed by atoms with Crippen molar-refractivity contribution < 1.29 is 0 Å². The largest absolute Gasteiger partial charge is 0.317 e. The Morgan fingerprint density at radius 1 is 1.29 bits per heavy atom. The average molecular weight is 246 g/mol. The van der Waals surface area contributed by atoms with Gasteiger partial charge >= 0.3 is 0 Å². The molecule has 90 valence electrons. The smallest absolute Gasteiger partial charge is 0.0270 e. The predicted octanol–water partition coefficient (Wildman–Crippen LogP) is 2.91. The van der Waals surface area contributed by atoms with Gasteiger partial charge in [-0.05, 0) is 55.5 Å². The topological polar surface area (TPSA) is 24.9 Å². The molecule has 17 heavy (non-hydrogen) atoms. The molecule has 1 unspecified atom stereocenters. The number of nitrogens with zero attached hydrogens (tertiary/aromatic N) is 1. The number of nitrogens with one attached hydrogen (secondary N) is 1. The summed E-state index contributed by atoms with van der Waals surface area (Å²) < 4.78 is 0. The zero-order chi connectivity index (χ0) is 11.9. The van der Waals surface area contributed by atoms with E-state index in [0.717, 1.165) is 12.8 Å². The summed E-state index contributed by atoms with van der Waals surface area (Å²) in [5.74, 6) is 0. The zero-order valence-electron chi connectivity index (χ0n) is 10.1. The Morgan fingerprint density at radius 2 is 2.12 bits per heavy atom. The normalized spacial score (nSPS) is 12.5. The van der Waals surface area contributed by atoms with Crippen LogP contribution in [0.4, 0.5) is 0 Å². The molecule has 0 saturated heterocycles. The molecule has 2 rings (SSSR count). The summed E-state index contributed by atoms with van der Waals surface area (Å²) in [5.41, 5.74) is 1.35. The first-order valence-electron chi connectivity index (χ1n) is 5.97. The van der Waals surface area contributed by atoms with Crippen LogP contribution in [0.2, 0.25) is 0 Å². The van der Waals surface area contributed by atoms with Gasteiger partial charge in [-0.25, -0.2) is 0 Å². The lowest BCUT2D eigenvalue weighted by Crippen LogP contribution is -2.28. The van der Waals surface area contributed by atoms with Gasteiger partial charge in [0.2, 0.25) is 0 Å². The molecule has 3 heteroatoms. The van der Waals surface area contributed by atoms with E-state index in [1.165, 1.54) is 16.9 Å². The molecule has 2 heterocycles. The molecular formula is C14H18N2S. The number of hydrogen-bond donors (Lipinski definition) is 1. The van der Waals surface area contributed by atoms with Crippen LogP contribution in [0.1, 0.15) is 16.9 Å². The van der Waals surface area contributed by atoms with Crippen molar-refractivity contribution in [1.29, 1.82) is 0 Å². The molecule has 0 radical (unpaired) electrons. The maximum atomic E-state index is 4.05. The van der Waals surface area contributed by atoms with Gasteiger partial charge in [0, 0.05) is 23.3 Å². The molecule has 2 nitrogen and oxygen atoms in total. The Labute approximate surface area is 107 Å². The number of hydrogen-bond acceptors (Lipinski definition) is 3. The van der Waals surface area contributed by atoms with Crippen molar-refractivity contribution >= 4 is 11.3 Å². The van der Waals surface area contributed by atoms with Crippen LogP contribution in [0.5, 0.6) is 0 Å². The van der Waals surface area contributed by atoms with Crippen LogP contribution < -0.4 is 5.32 Å². The minimum Gasteiger partial charge on any atom is -0.317 e. The minimum absolute atomic E-state index is 0.541. The molecule has 2 aromatic rings. The van der Waals surface area contributed by atoms with Crippen LogP contribution in [-0.4, -0.2) is 18.1 Å². The van der Waals surface area contributed by atoms with Crippen molar-refractivity contribution in [2.45, 2.75) is 25.3 Å². The van der Waals surface area contributed by atoms with Gasteiger partial charge in [-0.1, -0.05) is 6.07 Å². The summed E-state index contributed by atoms with van der Waals surface area (Å²) in [6.07, 6.45) is 7.14. The maximum Gasteiger partial charge on any atom is 0.0270 e. The molecule has 2 aromatic heterocycles. The fourth-order valence-corrected chi connectivity index (χ4v) is 2.65. The zero-order valence-corrected chi connectivity index (χ0v) is 10.9. The third-order valence-electron chi connectivity index (χ3n) is 2.96. The third kappa shape index (κ3) is 3.95. The molecule has 0 fully saturated rings. The number of aromatic nitrogens is 1. The van der Waals surface area contributed by atoms with Gasteiger partial charge in [-0.2, -0.15) is 0 Å². The van der Waals surface area contributed by atoms with Gasteiger partial charge in [0.1, 0.15) is 0 Å². The number of thiophene rings is 1. The van der Waals surface area contributed by atoms with Crippen LogP contribution >= 0.6 is 11.3 Å². The molecule has 0 aromatic carbocycles. The molecule has 0 aliphatic heterocycles. The van der Waals surface area contributed by atoms with Crippen molar-refractivity contribution in [2.75, 3.05) is 7.05 Å². The van der Waals surface area contributed by atoms with Crippen molar-refractivity contribution in [3.63, 3.8) is 0 Å². The van der Waals surface area contributed by atoms with E-state index < -0.39 is 0 Å². The first-order valence-corrected chi connectivity index (χ1v) is 6.85. The second-order valence-electron chi connectivity index (χ2n) is 4.16. The average Bonchev–Trinajstić information content (AvgIpc) is 2.89. The lowest BCUT2D eigenvalue weighted by molar-refractivity contribution is 0.522. The Morgan fingerprint density at radius 3 is 2.76 bits per heavy atom. The van der Waals surface area contributed by atoms with Gasteiger partial charge in [0.05, 0.1) is 0 Å². The first kappa shape index (κ1) is 12.3. The Balaban J connectivity index is 1.85. The van der Waals surface area contributed by atoms with E-state index in [2.05, 4.69) is 39.9 Å². The fourth-order valence-electron chi connectivity index (χ4n) is 1.92. The summed E-state index contributed by atoms with van der Waals surface area (Å²) in [6, 6.07) is 9.06. The highest BCUT2D eigenvalue weighted by Gasteiger charge is 2.07. The quantitative estimate of drug-likeness (QED) is 0.847. The Hall–Kier alpha value is -1.19. The lowest BCUT2D eigenvalue weighted by atomic mass is 10.0. The number of likely N-dealkylation sites (N-methyl/N-ethyl adjacent to an activating group) is 1. The molecule has 0 spiro atoms. The Bertz CT molecular complexity index is 411. The first-order chi connectivity index (χ1) is 8.38. The fraction of sp³-hybridized carbons (Fsp3) is 0.357. The van der Waals surface area contributed by atoms with Crippen LogP contribution in [-0.2, 0) is 12.8 Å². The summed E-state index contributed by atoms with van der Waals surface area (Å²) >= 11 is 1.84. The monoisotopic (exact) mass is 246 g/mol. The molecular weight excluding hydrogens is 228 g/mol. The van der Waals surface area contributed by atoms with E-state index in [1.54, 1.807) is 0 Å². The van der Waals surface area contributed by atoms with E-state index in [0.29, 0.717) is 6.04 Å². The van der Waals surface area contributed by atoms with Gasteiger partial charge in [-0.15, -0.1) is 11.3 Å². The van der Waals surface area contributed by atoms with E-state index >= 15 is 0 Å². The second kappa shape index (κ2) is 6.52. The lowest BCUT2D eigenvalue weighted by Gasteiger charge is -2.15. The summed E-state index contributed by atoms with van der Waals surface area (Å²) in [6.45, 7) is 0. The standard InChI is InChI=1S/C14H18N2S/c1-15-13(4-5-14-3-2-10-17-14)11-12-6-8-16-9-7-12/h2-3,6-10,13,15H,4-5,11H2,1H3. The van der Waals surface area contributed by atoms with E-state index in [4.69, 9.17) is 0 Å². The van der Waals surface area contributed by atoms with Gasteiger partial charge < -0.3 is 5.32 Å². The van der Waals surface area contributed by atoms with E-state index in [-0.39, 0.29) is 0 Å². The van der Waals surface area contributed by atoms with Crippen molar-refractivity contribution in [3.8, 4) is 0 Å². The van der Waals surface area contributed by atoms with Gasteiger partial charge in [0.15, 0.2) is 0 Å². The number of rotatable bonds is 6. The maximum absolute atomic E-state index is 4.05. The summed E-state index contributed by atoms with van der Waals surface area (Å²) in [5, 5.41) is 5.54. The van der Waals surface area contributed by atoms with Crippen molar-refractivity contribution in [3.05, 3.63) is 52.5 Å². The molecule has 1 N–H and O–H groups in total. The van der Waals surface area contributed by atoms with Crippen molar-refractivity contribution in [2.24, 2.45) is 0 Å². The molecule has 1 atom stereocenters. The van der Waals surface area contributed by atoms with Crippen molar-refractivity contribution in [1.82, 2.24) is 10.3 Å². The summed E-state index contributed by atoms with van der Waals surface area (Å²) in [4.78, 5) is 5.52. The number of aryl methyl sites for hydroxylation is 1. The SMILES string of the molecule is CNC(CCc1cccs1)Cc1ccncc1. The highest BCUT2D eigenvalue weighted by Crippen LogP contribution is 2.13. The Kier molecular flexibility index (Phi) is 4.71. The highest BCUT2D eigenvalue weighted by atomic mass is 32.1. The van der Waals surface area contributed by atoms with Crippen LogP contribution in [0.3, 0.4) is 0 Å². The van der Waals surface area contributed by atoms with Gasteiger partial charge in [0.25, 0.3) is 0 Å². The number of pyridine rings is 1. The molecule has 0 amide bonds. The van der Waals surface area contributed by atoms with Crippen LogP contribution in [0.25, 0.3) is 0 Å². The van der Waals surface area contributed by atoms with Gasteiger partial charge in [-0.3, -0.25) is 4.98 Å². The molecule has 0 aliphatic rings. The van der Waals surface area contributed by atoms with E-state index in [9.17, 15) is 0 Å². The summed E-state index contributed by atoms with van der Waals surface area (Å²) in [7, 11) is 2.04. The molecule has 0 saturated carbocycles. The second-order valence-corrected chi connectivity index (χ2v) is 5.20.